The van der Waals surface area contributed by atoms with E-state index < -0.39 is 0 Å². The van der Waals surface area contributed by atoms with Crippen LogP contribution < -0.4 is 10.6 Å². The van der Waals surface area contributed by atoms with Gasteiger partial charge in [0.1, 0.15) is 10.8 Å². The van der Waals surface area contributed by atoms with Crippen LogP contribution in [0.25, 0.3) is 0 Å². The quantitative estimate of drug-likeness (QED) is 0.815. The summed E-state index contributed by atoms with van der Waals surface area (Å²) in [5.74, 6) is 1.53. The average Bonchev–Trinajstić information content (AvgIpc) is 2.96. The van der Waals surface area contributed by atoms with E-state index in [2.05, 4.69) is 39.4 Å². The van der Waals surface area contributed by atoms with Crippen molar-refractivity contribution in [3.8, 4) is 0 Å². The topological polar surface area (TPSA) is 62.7 Å². The van der Waals surface area contributed by atoms with Gasteiger partial charge in [-0.25, -0.2) is 9.97 Å². The third kappa shape index (κ3) is 3.90. The van der Waals surface area contributed by atoms with Crippen molar-refractivity contribution in [3.63, 3.8) is 0 Å². The fraction of sp³-hybridized carbons (Fsp3) is 0.500. The van der Waals surface area contributed by atoms with Gasteiger partial charge in [-0.05, 0) is 19.8 Å². The third-order valence-corrected chi connectivity index (χ3v) is 3.76. The molecule has 0 fully saturated rings. The number of hydrogen-bond donors (Lipinski definition) is 2. The maximum absolute atomic E-state index is 4.51. The van der Waals surface area contributed by atoms with E-state index in [9.17, 15) is 0 Å². The van der Waals surface area contributed by atoms with Crippen LogP contribution in [0, 0.1) is 6.92 Å². The number of hydrogen-bond acceptors (Lipinski definition) is 6. The maximum Gasteiger partial charge on any atom is 0.224 e. The summed E-state index contributed by atoms with van der Waals surface area (Å²) < 4.78 is 0. The van der Waals surface area contributed by atoms with Crippen LogP contribution in [0.2, 0.25) is 0 Å². The Labute approximate surface area is 123 Å². The molecule has 0 radical (unpaired) electrons. The predicted octanol–water partition coefficient (Wildman–Crippen LogP) is 3.63. The highest BCUT2D eigenvalue weighted by Gasteiger charge is 2.13. The number of anilines is 2. The van der Waals surface area contributed by atoms with E-state index >= 15 is 0 Å². The first-order chi connectivity index (χ1) is 9.72. The Kier molecular flexibility index (Phi) is 5.29. The summed E-state index contributed by atoms with van der Waals surface area (Å²) in [5, 5.41) is 9.76. The normalized spacial score (nSPS) is 12.2. The van der Waals surface area contributed by atoms with Gasteiger partial charge in [-0.2, -0.15) is 4.98 Å². The first-order valence-corrected chi connectivity index (χ1v) is 7.86. The van der Waals surface area contributed by atoms with Crippen molar-refractivity contribution >= 4 is 23.1 Å². The second-order valence-corrected chi connectivity index (χ2v) is 5.55. The summed E-state index contributed by atoms with van der Waals surface area (Å²) in [4.78, 5) is 13.3. The molecule has 0 aliphatic carbocycles. The molecule has 0 bridgehead atoms. The van der Waals surface area contributed by atoms with Gasteiger partial charge in [-0.15, -0.1) is 11.3 Å². The van der Waals surface area contributed by atoms with E-state index in [-0.39, 0.29) is 6.04 Å². The summed E-state index contributed by atoms with van der Waals surface area (Å²) in [5.41, 5.74) is 0.954. The summed E-state index contributed by atoms with van der Waals surface area (Å²) >= 11 is 1.66. The largest absolute Gasteiger partial charge is 0.361 e. The smallest absolute Gasteiger partial charge is 0.224 e. The lowest BCUT2D eigenvalue weighted by molar-refractivity contribution is 0.736. The minimum Gasteiger partial charge on any atom is -0.361 e. The zero-order valence-electron chi connectivity index (χ0n) is 12.2. The van der Waals surface area contributed by atoms with Gasteiger partial charge in [-0.3, -0.25) is 0 Å². The summed E-state index contributed by atoms with van der Waals surface area (Å²) in [6, 6.07) is 2.16. The molecule has 1 unspecified atom stereocenters. The van der Waals surface area contributed by atoms with Crippen LogP contribution in [0.15, 0.2) is 17.6 Å². The number of thiazole rings is 1. The van der Waals surface area contributed by atoms with Gasteiger partial charge in [0, 0.05) is 29.9 Å². The average molecular weight is 291 g/mol. The molecule has 108 valence electrons. The molecule has 0 saturated heterocycles. The summed E-state index contributed by atoms with van der Waals surface area (Å²) in [6.45, 7) is 7.13. The molecular formula is C14H21N5S. The fourth-order valence-electron chi connectivity index (χ4n) is 1.88. The molecule has 2 heterocycles. The molecule has 2 N–H and O–H groups in total. The number of aryl methyl sites for hydroxylation is 1. The van der Waals surface area contributed by atoms with E-state index in [4.69, 9.17) is 0 Å². The first kappa shape index (κ1) is 14.7. The van der Waals surface area contributed by atoms with Crippen LogP contribution in [0.1, 0.15) is 43.4 Å². The van der Waals surface area contributed by atoms with E-state index in [1.54, 1.807) is 11.3 Å². The molecular weight excluding hydrogens is 270 g/mol. The lowest BCUT2D eigenvalue weighted by Gasteiger charge is -2.16. The number of rotatable bonds is 7. The summed E-state index contributed by atoms with van der Waals surface area (Å²) in [6.07, 6.45) is 3.86. The van der Waals surface area contributed by atoms with Crippen LogP contribution in [-0.4, -0.2) is 21.5 Å². The van der Waals surface area contributed by atoms with Crippen LogP contribution in [-0.2, 0) is 0 Å². The Morgan fingerprint density at radius 3 is 2.80 bits per heavy atom. The lowest BCUT2D eigenvalue weighted by Crippen LogP contribution is -2.13. The highest BCUT2D eigenvalue weighted by atomic mass is 32.1. The van der Waals surface area contributed by atoms with Gasteiger partial charge in [0.05, 0.1) is 6.04 Å². The molecule has 20 heavy (non-hydrogen) atoms. The van der Waals surface area contributed by atoms with Crippen LogP contribution >= 0.6 is 11.3 Å². The van der Waals surface area contributed by atoms with Crippen LogP contribution in [0.5, 0.6) is 0 Å². The molecule has 2 aromatic heterocycles. The molecule has 2 aromatic rings. The highest BCUT2D eigenvalue weighted by molar-refractivity contribution is 7.09. The Balaban J connectivity index is 2.13. The Morgan fingerprint density at radius 1 is 1.30 bits per heavy atom. The number of aromatic nitrogens is 3. The van der Waals surface area contributed by atoms with Gasteiger partial charge < -0.3 is 10.6 Å². The molecule has 5 nitrogen and oxygen atoms in total. The minimum atomic E-state index is 0.198. The number of nitrogens with zero attached hydrogens (tertiary/aromatic N) is 3. The van der Waals surface area contributed by atoms with Crippen molar-refractivity contribution in [3.05, 3.63) is 28.3 Å². The first-order valence-electron chi connectivity index (χ1n) is 6.98. The van der Waals surface area contributed by atoms with E-state index in [1.807, 2.05) is 24.6 Å². The van der Waals surface area contributed by atoms with Gasteiger partial charge >= 0.3 is 0 Å². The van der Waals surface area contributed by atoms with Gasteiger partial charge in [0.2, 0.25) is 5.95 Å². The standard InChI is InChI=1S/C14H21N5S/c1-4-6-16-14-17-10(3)9-12(19-14)18-11(5-2)13-15-7-8-20-13/h7-9,11H,4-6H2,1-3H3,(H2,16,17,18,19). The molecule has 0 aliphatic heterocycles. The van der Waals surface area contributed by atoms with Crippen molar-refractivity contribution in [1.29, 1.82) is 0 Å². The third-order valence-electron chi connectivity index (χ3n) is 2.87. The van der Waals surface area contributed by atoms with Crippen molar-refractivity contribution in [2.24, 2.45) is 0 Å². The van der Waals surface area contributed by atoms with Crippen molar-refractivity contribution in [1.82, 2.24) is 15.0 Å². The Bertz CT molecular complexity index is 526. The zero-order valence-corrected chi connectivity index (χ0v) is 13.0. The molecule has 6 heteroatoms. The maximum atomic E-state index is 4.51. The summed E-state index contributed by atoms with van der Waals surface area (Å²) in [7, 11) is 0. The molecule has 2 rings (SSSR count). The van der Waals surface area contributed by atoms with Crippen molar-refractivity contribution in [2.45, 2.75) is 39.7 Å². The molecule has 0 aromatic carbocycles. The Hall–Kier alpha value is -1.69. The molecule has 0 amide bonds. The second kappa shape index (κ2) is 7.19. The lowest BCUT2D eigenvalue weighted by atomic mass is 10.2. The zero-order chi connectivity index (χ0) is 14.4. The van der Waals surface area contributed by atoms with E-state index in [0.717, 1.165) is 35.9 Å². The molecule has 0 aliphatic rings. The van der Waals surface area contributed by atoms with Gasteiger partial charge in [0.15, 0.2) is 0 Å². The van der Waals surface area contributed by atoms with Gasteiger partial charge in [0.25, 0.3) is 0 Å². The van der Waals surface area contributed by atoms with Crippen LogP contribution in [0.4, 0.5) is 11.8 Å². The Morgan fingerprint density at radius 2 is 2.15 bits per heavy atom. The number of nitrogens with one attached hydrogen (secondary N) is 2. The van der Waals surface area contributed by atoms with Crippen molar-refractivity contribution in [2.75, 3.05) is 17.2 Å². The molecule has 0 saturated carbocycles. The van der Waals surface area contributed by atoms with Crippen molar-refractivity contribution < 1.29 is 0 Å². The SMILES string of the molecule is CCCNc1nc(C)cc(NC(CC)c2nccs2)n1. The predicted molar refractivity (Wildman–Crippen MR) is 84.3 cm³/mol. The van der Waals surface area contributed by atoms with E-state index in [0.29, 0.717) is 5.95 Å². The van der Waals surface area contributed by atoms with Gasteiger partial charge in [-0.1, -0.05) is 13.8 Å². The fourth-order valence-corrected chi connectivity index (χ4v) is 2.65. The minimum absolute atomic E-state index is 0.198. The monoisotopic (exact) mass is 291 g/mol. The second-order valence-electron chi connectivity index (χ2n) is 4.62. The molecule has 0 spiro atoms. The van der Waals surface area contributed by atoms with Crippen LogP contribution in [0.3, 0.4) is 0 Å². The molecule has 1 atom stereocenters. The highest BCUT2D eigenvalue weighted by Crippen LogP contribution is 2.23. The van der Waals surface area contributed by atoms with E-state index in [1.165, 1.54) is 0 Å².